The van der Waals surface area contributed by atoms with E-state index in [4.69, 9.17) is 4.74 Å². The second kappa shape index (κ2) is 6.35. The van der Waals surface area contributed by atoms with Crippen molar-refractivity contribution in [3.63, 3.8) is 0 Å². The van der Waals surface area contributed by atoms with Crippen LogP contribution in [0.15, 0.2) is 17.6 Å². The van der Waals surface area contributed by atoms with E-state index in [9.17, 15) is 13.2 Å². The molecule has 3 rings (SSSR count). The second-order valence-corrected chi connectivity index (χ2v) is 7.47. The number of aromatic nitrogens is 2. The van der Waals surface area contributed by atoms with E-state index in [1.165, 1.54) is 16.8 Å². The Morgan fingerprint density at radius 3 is 2.86 bits per heavy atom. The normalized spacial score (nSPS) is 24.4. The van der Waals surface area contributed by atoms with Crippen molar-refractivity contribution >= 4 is 15.9 Å². The Bertz CT molecular complexity index is 610. The monoisotopic (exact) mass is 328 g/mol. The van der Waals surface area contributed by atoms with Crippen LogP contribution in [0.2, 0.25) is 0 Å². The highest BCUT2D eigenvalue weighted by atomic mass is 32.2. The average molecular weight is 328 g/mol. The lowest BCUT2D eigenvalue weighted by molar-refractivity contribution is -0.135. The Kier molecular flexibility index (Phi) is 4.46. The molecule has 1 aromatic heterocycles. The van der Waals surface area contributed by atoms with E-state index in [1.807, 2.05) is 0 Å². The molecule has 2 aliphatic rings. The molecule has 2 fully saturated rings. The van der Waals surface area contributed by atoms with Gasteiger partial charge in [0, 0.05) is 32.8 Å². The number of rotatable bonds is 3. The van der Waals surface area contributed by atoms with Gasteiger partial charge in [-0.25, -0.2) is 13.4 Å². The molecule has 0 spiro atoms. The van der Waals surface area contributed by atoms with E-state index >= 15 is 0 Å². The number of H-pyrrole nitrogens is 1. The maximum absolute atomic E-state index is 12.5. The first-order valence-corrected chi connectivity index (χ1v) is 8.88. The van der Waals surface area contributed by atoms with Gasteiger partial charge in [0.05, 0.1) is 25.0 Å². The zero-order valence-corrected chi connectivity index (χ0v) is 13.1. The van der Waals surface area contributed by atoms with Crippen molar-refractivity contribution in [3.05, 3.63) is 12.5 Å². The first-order valence-electron chi connectivity index (χ1n) is 7.44. The Morgan fingerprint density at radius 2 is 2.18 bits per heavy atom. The summed E-state index contributed by atoms with van der Waals surface area (Å²) >= 11 is 0. The van der Waals surface area contributed by atoms with E-state index in [0.717, 1.165) is 6.42 Å². The van der Waals surface area contributed by atoms with Crippen LogP contribution in [-0.2, 0) is 19.6 Å². The molecule has 0 aliphatic carbocycles. The molecule has 2 saturated heterocycles. The van der Waals surface area contributed by atoms with Crippen LogP contribution >= 0.6 is 0 Å². The lowest BCUT2D eigenvalue weighted by Crippen LogP contribution is -2.40. The van der Waals surface area contributed by atoms with Gasteiger partial charge in [-0.2, -0.15) is 4.31 Å². The molecule has 0 aromatic carbocycles. The Morgan fingerprint density at radius 1 is 1.32 bits per heavy atom. The minimum atomic E-state index is -3.56. The van der Waals surface area contributed by atoms with Gasteiger partial charge in [0.15, 0.2) is 5.03 Å². The van der Waals surface area contributed by atoms with Crippen LogP contribution in [0.25, 0.3) is 0 Å². The predicted molar refractivity (Wildman–Crippen MR) is 77.5 cm³/mol. The summed E-state index contributed by atoms with van der Waals surface area (Å²) in [4.78, 5) is 20.6. The summed E-state index contributed by atoms with van der Waals surface area (Å²) in [5.41, 5.74) is 0. The third kappa shape index (κ3) is 3.01. The highest BCUT2D eigenvalue weighted by Gasteiger charge is 2.32. The Labute approximate surface area is 129 Å². The van der Waals surface area contributed by atoms with Gasteiger partial charge < -0.3 is 14.6 Å². The quantitative estimate of drug-likeness (QED) is 0.820. The summed E-state index contributed by atoms with van der Waals surface area (Å²) < 4.78 is 31.6. The molecular formula is C13H20N4O4S. The summed E-state index contributed by atoms with van der Waals surface area (Å²) in [7, 11) is -3.56. The predicted octanol–water partition coefficient (Wildman–Crippen LogP) is -0.331. The summed E-state index contributed by atoms with van der Waals surface area (Å²) in [6.07, 6.45) is 4.04. The number of imidazole rings is 1. The number of carbonyl (C=O) groups is 1. The molecule has 1 aromatic rings. The van der Waals surface area contributed by atoms with Crippen LogP contribution in [0, 0.1) is 5.92 Å². The summed E-state index contributed by atoms with van der Waals surface area (Å²) in [6, 6.07) is 0. The maximum Gasteiger partial charge on any atom is 0.260 e. The van der Waals surface area contributed by atoms with Crippen molar-refractivity contribution in [2.75, 3.05) is 39.4 Å². The number of sulfonamides is 1. The van der Waals surface area contributed by atoms with Gasteiger partial charge in [0.1, 0.15) is 0 Å². The summed E-state index contributed by atoms with van der Waals surface area (Å²) in [5, 5.41) is 0.0940. The number of amides is 1. The first kappa shape index (κ1) is 15.4. The molecule has 0 radical (unpaired) electrons. The maximum atomic E-state index is 12.5. The van der Waals surface area contributed by atoms with Crippen LogP contribution in [0.4, 0.5) is 0 Å². The fraction of sp³-hybridized carbons (Fsp3) is 0.692. The third-order valence-electron chi connectivity index (χ3n) is 4.14. The zero-order chi connectivity index (χ0) is 15.6. The lowest BCUT2D eigenvalue weighted by Gasteiger charge is -2.23. The number of hydrogen-bond acceptors (Lipinski definition) is 5. The third-order valence-corrected chi connectivity index (χ3v) is 5.96. The van der Waals surface area contributed by atoms with Gasteiger partial charge in [-0.3, -0.25) is 4.79 Å². The largest absolute Gasteiger partial charge is 0.381 e. The number of hydrogen-bond donors (Lipinski definition) is 1. The van der Waals surface area contributed by atoms with Gasteiger partial charge >= 0.3 is 0 Å². The lowest BCUT2D eigenvalue weighted by atomic mass is 10.1. The van der Waals surface area contributed by atoms with Gasteiger partial charge in [-0.05, 0) is 12.8 Å². The molecule has 1 N–H and O–H groups in total. The molecule has 1 unspecified atom stereocenters. The molecule has 1 atom stereocenters. The van der Waals surface area contributed by atoms with Crippen molar-refractivity contribution in [1.82, 2.24) is 19.2 Å². The minimum absolute atomic E-state index is 0.0734. The van der Waals surface area contributed by atoms with Crippen molar-refractivity contribution in [1.29, 1.82) is 0 Å². The average Bonchev–Trinajstić information content (AvgIpc) is 3.16. The highest BCUT2D eigenvalue weighted by Crippen LogP contribution is 2.19. The van der Waals surface area contributed by atoms with Gasteiger partial charge in [-0.1, -0.05) is 0 Å². The van der Waals surface area contributed by atoms with Crippen LogP contribution in [0.1, 0.15) is 12.8 Å². The fourth-order valence-electron chi connectivity index (χ4n) is 2.87. The Balaban J connectivity index is 1.66. The molecule has 9 heteroatoms. The molecular weight excluding hydrogens is 308 g/mol. The van der Waals surface area contributed by atoms with Gasteiger partial charge in [0.25, 0.3) is 10.0 Å². The van der Waals surface area contributed by atoms with Gasteiger partial charge in [-0.15, -0.1) is 0 Å². The van der Waals surface area contributed by atoms with Crippen LogP contribution in [-0.4, -0.2) is 72.9 Å². The van der Waals surface area contributed by atoms with Crippen LogP contribution in [0.3, 0.4) is 0 Å². The standard InChI is InChI=1S/C13H20N4O4S/c18-13(11-2-7-21-9-11)16-3-1-4-17(6-5-16)22(19,20)12-8-14-10-15-12/h8,10-11H,1-7,9H2,(H,14,15). The van der Waals surface area contributed by atoms with Crippen LogP contribution < -0.4 is 0 Å². The van der Waals surface area contributed by atoms with Gasteiger partial charge in [0.2, 0.25) is 5.91 Å². The van der Waals surface area contributed by atoms with E-state index < -0.39 is 10.0 Å². The number of nitrogens with zero attached hydrogens (tertiary/aromatic N) is 3. The van der Waals surface area contributed by atoms with Crippen LogP contribution in [0.5, 0.6) is 0 Å². The SMILES string of the molecule is O=C(C1CCOC1)N1CCCN(S(=O)(=O)c2cnc[nH]2)CC1. The van der Waals surface area contributed by atoms with E-state index in [1.54, 1.807) is 4.90 Å². The highest BCUT2D eigenvalue weighted by molar-refractivity contribution is 7.89. The minimum Gasteiger partial charge on any atom is -0.381 e. The zero-order valence-electron chi connectivity index (χ0n) is 12.3. The van der Waals surface area contributed by atoms with E-state index in [0.29, 0.717) is 45.8 Å². The van der Waals surface area contributed by atoms with Crippen molar-refractivity contribution in [2.24, 2.45) is 5.92 Å². The molecule has 2 aliphatic heterocycles. The first-order chi connectivity index (χ1) is 10.6. The van der Waals surface area contributed by atoms with E-state index in [-0.39, 0.29) is 16.9 Å². The number of carbonyl (C=O) groups excluding carboxylic acids is 1. The molecule has 3 heterocycles. The van der Waals surface area contributed by atoms with Crippen molar-refractivity contribution < 1.29 is 17.9 Å². The fourth-order valence-corrected chi connectivity index (χ4v) is 4.23. The van der Waals surface area contributed by atoms with Crippen molar-refractivity contribution in [3.8, 4) is 0 Å². The summed E-state index contributed by atoms with van der Waals surface area (Å²) in [5.74, 6) is 0.00838. The second-order valence-electron chi connectivity index (χ2n) is 5.56. The molecule has 0 bridgehead atoms. The number of ether oxygens (including phenoxy) is 1. The van der Waals surface area contributed by atoms with Crippen molar-refractivity contribution in [2.45, 2.75) is 17.9 Å². The molecule has 22 heavy (non-hydrogen) atoms. The summed E-state index contributed by atoms with van der Waals surface area (Å²) in [6.45, 7) is 2.83. The number of aromatic amines is 1. The molecule has 8 nitrogen and oxygen atoms in total. The topological polar surface area (TPSA) is 95.6 Å². The van der Waals surface area contributed by atoms with E-state index in [2.05, 4.69) is 9.97 Å². The molecule has 122 valence electrons. The smallest absolute Gasteiger partial charge is 0.260 e. The molecule has 0 saturated carbocycles. The molecule has 1 amide bonds. The Hall–Kier alpha value is -1.45. The number of nitrogens with one attached hydrogen (secondary N) is 1.